The highest BCUT2D eigenvalue weighted by molar-refractivity contribution is 5.86. The average Bonchev–Trinajstić information content (AvgIpc) is 2.67. The van der Waals surface area contributed by atoms with Gasteiger partial charge in [0.25, 0.3) is 0 Å². The van der Waals surface area contributed by atoms with Crippen LogP contribution in [0.4, 0.5) is 0 Å². The molecule has 1 aliphatic rings. The van der Waals surface area contributed by atoms with Crippen molar-refractivity contribution >= 4 is 10.9 Å². The molecule has 2 heterocycles. The molecule has 0 atom stereocenters. The normalized spacial score (nSPS) is 16.7. The van der Waals surface area contributed by atoms with Crippen LogP contribution in [0.5, 0.6) is 5.88 Å². The molecule has 1 aliphatic heterocycles. The number of piperidine rings is 1. The van der Waals surface area contributed by atoms with Crippen molar-refractivity contribution in [3.8, 4) is 17.0 Å². The second-order valence-electron chi connectivity index (χ2n) is 6.60. The fraction of sp³-hybridized carbons (Fsp3) is 0.286. The fourth-order valence-electron chi connectivity index (χ4n) is 3.55. The van der Waals surface area contributed by atoms with Gasteiger partial charge in [-0.15, -0.1) is 0 Å². The molecule has 1 aromatic heterocycles. The molecule has 0 radical (unpaired) electrons. The molecule has 4 heteroatoms. The van der Waals surface area contributed by atoms with Crippen molar-refractivity contribution in [2.45, 2.75) is 18.4 Å². The molecule has 3 aromatic rings. The maximum atomic E-state index is 10.9. The summed E-state index contributed by atoms with van der Waals surface area (Å²) in [6.07, 6.45) is 1.49. The number of methoxy groups -OCH3 is 1. The first-order valence-corrected chi connectivity index (χ1v) is 8.67. The zero-order valence-electron chi connectivity index (χ0n) is 14.3. The summed E-state index contributed by atoms with van der Waals surface area (Å²) in [4.78, 5) is 4.62. The van der Waals surface area contributed by atoms with Crippen LogP contribution in [0.1, 0.15) is 18.4 Å². The summed E-state index contributed by atoms with van der Waals surface area (Å²) in [7, 11) is 1.65. The number of ether oxygens (including phenoxy) is 1. The molecule has 0 saturated carbocycles. The van der Waals surface area contributed by atoms with Crippen molar-refractivity contribution in [2.24, 2.45) is 0 Å². The SMILES string of the molecule is COc1nc2ccccc2cc1-c1ccc(C2(O)CCNCC2)cc1. The Bertz CT molecular complexity index is 884. The number of rotatable bonds is 3. The second kappa shape index (κ2) is 6.47. The van der Waals surface area contributed by atoms with Crippen molar-refractivity contribution in [3.63, 3.8) is 0 Å². The second-order valence-corrected chi connectivity index (χ2v) is 6.60. The van der Waals surface area contributed by atoms with Crippen LogP contribution in [0.15, 0.2) is 54.6 Å². The number of para-hydroxylation sites is 1. The molecular weight excluding hydrogens is 312 g/mol. The minimum absolute atomic E-state index is 0.618. The van der Waals surface area contributed by atoms with Crippen LogP contribution in [0, 0.1) is 0 Å². The number of hydrogen-bond donors (Lipinski definition) is 2. The third kappa shape index (κ3) is 2.99. The highest BCUT2D eigenvalue weighted by Gasteiger charge is 2.30. The quantitative estimate of drug-likeness (QED) is 0.770. The molecule has 0 bridgehead atoms. The molecule has 0 unspecified atom stereocenters. The molecular formula is C21H22N2O2. The number of nitrogens with one attached hydrogen (secondary N) is 1. The van der Waals surface area contributed by atoms with Gasteiger partial charge in [-0.1, -0.05) is 42.5 Å². The van der Waals surface area contributed by atoms with Crippen molar-refractivity contribution < 1.29 is 9.84 Å². The van der Waals surface area contributed by atoms with Crippen LogP contribution in [0.25, 0.3) is 22.0 Å². The Morgan fingerprint density at radius 2 is 1.76 bits per heavy atom. The number of hydrogen-bond acceptors (Lipinski definition) is 4. The maximum Gasteiger partial charge on any atom is 0.221 e. The Hall–Kier alpha value is -2.43. The summed E-state index contributed by atoms with van der Waals surface area (Å²) >= 11 is 0. The van der Waals surface area contributed by atoms with Gasteiger partial charge in [0.15, 0.2) is 0 Å². The Kier molecular flexibility index (Phi) is 4.15. The lowest BCUT2D eigenvalue weighted by Gasteiger charge is -2.33. The summed E-state index contributed by atoms with van der Waals surface area (Å²) in [6.45, 7) is 1.70. The average molecular weight is 334 g/mol. The molecule has 25 heavy (non-hydrogen) atoms. The first kappa shape index (κ1) is 16.1. The van der Waals surface area contributed by atoms with Gasteiger partial charge >= 0.3 is 0 Å². The lowest BCUT2D eigenvalue weighted by atomic mass is 9.84. The van der Waals surface area contributed by atoms with Crippen LogP contribution in [0.2, 0.25) is 0 Å². The van der Waals surface area contributed by atoms with Crippen LogP contribution in [-0.2, 0) is 5.60 Å². The molecule has 1 fully saturated rings. The van der Waals surface area contributed by atoms with Gasteiger partial charge in [-0.05, 0) is 49.2 Å². The smallest absolute Gasteiger partial charge is 0.221 e. The van der Waals surface area contributed by atoms with E-state index >= 15 is 0 Å². The van der Waals surface area contributed by atoms with E-state index in [0.717, 1.165) is 53.5 Å². The zero-order chi connectivity index (χ0) is 17.3. The molecule has 4 nitrogen and oxygen atoms in total. The van der Waals surface area contributed by atoms with Crippen molar-refractivity contribution in [3.05, 3.63) is 60.2 Å². The molecule has 0 spiro atoms. The van der Waals surface area contributed by atoms with Gasteiger partial charge in [-0.25, -0.2) is 4.98 Å². The van der Waals surface area contributed by atoms with Gasteiger partial charge in [0.2, 0.25) is 5.88 Å². The first-order valence-electron chi connectivity index (χ1n) is 8.67. The van der Waals surface area contributed by atoms with Crippen molar-refractivity contribution in [1.82, 2.24) is 10.3 Å². The lowest BCUT2D eigenvalue weighted by Crippen LogP contribution is -2.39. The predicted molar refractivity (Wildman–Crippen MR) is 99.7 cm³/mol. The minimum Gasteiger partial charge on any atom is -0.481 e. The van der Waals surface area contributed by atoms with Gasteiger partial charge in [-0.3, -0.25) is 0 Å². The summed E-state index contributed by atoms with van der Waals surface area (Å²) in [5.74, 6) is 0.618. The lowest BCUT2D eigenvalue weighted by molar-refractivity contribution is 0.00595. The monoisotopic (exact) mass is 334 g/mol. The Morgan fingerprint density at radius 1 is 1.04 bits per heavy atom. The number of fused-ring (bicyclic) bond motifs is 1. The Labute approximate surface area is 147 Å². The number of aromatic nitrogens is 1. The molecule has 4 rings (SSSR count). The standard InChI is InChI=1S/C21H22N2O2/c1-25-20-18(14-16-4-2-3-5-19(16)23-20)15-6-8-17(9-7-15)21(24)10-12-22-13-11-21/h2-9,14,22,24H,10-13H2,1H3. The fourth-order valence-corrected chi connectivity index (χ4v) is 3.55. The number of pyridine rings is 1. The van der Waals surface area contributed by atoms with E-state index in [-0.39, 0.29) is 0 Å². The van der Waals surface area contributed by atoms with E-state index in [4.69, 9.17) is 4.74 Å². The maximum absolute atomic E-state index is 10.9. The van der Waals surface area contributed by atoms with Crippen LogP contribution in [0.3, 0.4) is 0 Å². The zero-order valence-corrected chi connectivity index (χ0v) is 14.3. The molecule has 0 aliphatic carbocycles. The van der Waals surface area contributed by atoms with Gasteiger partial charge in [-0.2, -0.15) is 0 Å². The van der Waals surface area contributed by atoms with Crippen molar-refractivity contribution in [1.29, 1.82) is 0 Å². The van der Waals surface area contributed by atoms with Gasteiger partial charge in [0, 0.05) is 10.9 Å². The summed E-state index contributed by atoms with van der Waals surface area (Å²) in [5.41, 5.74) is 3.17. The van der Waals surface area contributed by atoms with Crippen LogP contribution < -0.4 is 10.1 Å². The molecule has 128 valence electrons. The summed E-state index contributed by atoms with van der Waals surface area (Å²) in [6, 6.07) is 18.3. The molecule has 2 aromatic carbocycles. The van der Waals surface area contributed by atoms with E-state index in [0.29, 0.717) is 5.88 Å². The third-order valence-electron chi connectivity index (χ3n) is 5.05. The van der Waals surface area contributed by atoms with Gasteiger partial charge < -0.3 is 15.2 Å². The predicted octanol–water partition coefficient (Wildman–Crippen LogP) is 3.48. The van der Waals surface area contributed by atoms with E-state index in [2.05, 4.69) is 22.4 Å². The summed E-state index contributed by atoms with van der Waals surface area (Å²) in [5, 5.41) is 15.2. The summed E-state index contributed by atoms with van der Waals surface area (Å²) < 4.78 is 5.51. The van der Waals surface area contributed by atoms with E-state index in [1.54, 1.807) is 7.11 Å². The van der Waals surface area contributed by atoms with E-state index in [1.807, 2.05) is 42.5 Å². The van der Waals surface area contributed by atoms with Crippen LogP contribution >= 0.6 is 0 Å². The molecule has 0 amide bonds. The Morgan fingerprint density at radius 3 is 2.48 bits per heavy atom. The largest absolute Gasteiger partial charge is 0.481 e. The minimum atomic E-state index is -0.727. The van der Waals surface area contributed by atoms with E-state index in [9.17, 15) is 5.11 Å². The molecule has 2 N–H and O–H groups in total. The number of benzene rings is 2. The first-order chi connectivity index (χ1) is 12.2. The van der Waals surface area contributed by atoms with Gasteiger partial charge in [0.05, 0.1) is 18.2 Å². The van der Waals surface area contributed by atoms with E-state index < -0.39 is 5.60 Å². The number of aliphatic hydroxyl groups is 1. The van der Waals surface area contributed by atoms with Gasteiger partial charge in [0.1, 0.15) is 0 Å². The Balaban J connectivity index is 1.73. The molecule has 1 saturated heterocycles. The topological polar surface area (TPSA) is 54.4 Å². The highest BCUT2D eigenvalue weighted by Crippen LogP contribution is 2.35. The van der Waals surface area contributed by atoms with Crippen LogP contribution in [-0.4, -0.2) is 30.3 Å². The van der Waals surface area contributed by atoms with Crippen molar-refractivity contribution in [2.75, 3.05) is 20.2 Å². The van der Waals surface area contributed by atoms with E-state index in [1.165, 1.54) is 0 Å². The number of nitrogens with zero attached hydrogens (tertiary/aromatic N) is 1. The highest BCUT2D eigenvalue weighted by atomic mass is 16.5. The third-order valence-corrected chi connectivity index (χ3v) is 5.05.